The summed E-state index contributed by atoms with van der Waals surface area (Å²) in [4.78, 5) is 88.0. The zero-order valence-electron chi connectivity index (χ0n) is 36.2. The molecule has 6 unspecified atom stereocenters. The summed E-state index contributed by atoms with van der Waals surface area (Å²) in [5.41, 5.74) is -4.38. The second kappa shape index (κ2) is 18.1. The summed E-state index contributed by atoms with van der Waals surface area (Å²) < 4.78 is 45.8. The van der Waals surface area contributed by atoms with E-state index in [1.165, 1.54) is 32.9 Å². The van der Waals surface area contributed by atoms with E-state index < -0.39 is 119 Å². The highest BCUT2D eigenvalue weighted by Gasteiger charge is 2.73. The first-order chi connectivity index (χ1) is 30.7. The summed E-state index contributed by atoms with van der Waals surface area (Å²) in [6.07, 6.45) is -0.422. The largest absolute Gasteiger partial charge is 0.457 e. The molecule has 0 saturated heterocycles. The maximum atomic E-state index is 17.7. The SMILES string of the molecule is CC(NC(=O)CCN1C(=O)C=CC1=O)C(=O)N[C@@H](C)C(=O)Nc1cccc(Oc2ccc([C@@H]([OH2+])O[C@@H]3C[C@H]4C5C[C@H](F)C6=CC(=O)C=CC6(C)[C@@]5(F)C(O)CC4(C)C3C(=O)CO)cc2)c1. The van der Waals surface area contributed by atoms with Crippen molar-refractivity contribution < 1.29 is 67.1 Å². The maximum absolute atomic E-state index is 17.7. The first kappa shape index (κ1) is 47.0. The normalized spacial score (nSPS) is 31.5. The number of ether oxygens (including phenoxy) is 2. The predicted octanol–water partition coefficient (Wildman–Crippen LogP) is 2.96. The number of Topliss-reactive ketones (excluding diaryl/α,β-unsaturated/α-hetero) is 1. The van der Waals surface area contributed by atoms with E-state index in [0.717, 1.165) is 23.1 Å². The zero-order valence-corrected chi connectivity index (χ0v) is 36.2. The lowest BCUT2D eigenvalue weighted by atomic mass is 9.45. The number of allylic oxidation sites excluding steroid dienone is 4. The Hall–Kier alpha value is -5.95. The lowest BCUT2D eigenvalue weighted by Crippen LogP contribution is -2.68. The number of fused-ring (bicyclic) bond motifs is 5. The van der Waals surface area contributed by atoms with Gasteiger partial charge in [-0.15, -0.1) is 0 Å². The molecule has 0 aromatic heterocycles. The highest BCUT2D eigenvalue weighted by molar-refractivity contribution is 6.13. The van der Waals surface area contributed by atoms with E-state index in [0.29, 0.717) is 22.7 Å². The number of nitrogens with one attached hydrogen (secondary N) is 3. The standard InChI is InChI=1S/C47H52F2N4O12/c1-24(50-38(58)15-17-53-39(59)12-13-40(53)60)42(61)51-25(2)43(62)52-27-6-5-7-30(18-27)64-29-10-8-26(9-11-29)44(63)65-36-21-31-32-20-34(48)33-19-28(55)14-16-46(33,4)47(32,49)37(57)22-45(31,3)41(36)35(56)23-54/h5-14,16,18-19,24-25,31-32,34,36-37,41,44,54,57,63H,15,17,20-23H2,1-4H3,(H,50,58)(H,51,61)(H,52,62)/p+1/t24?,25-,31-,32?,34-,36+,37?,41?,44-,45?,46?,47-/m0/s1. The number of ketones is 2. The van der Waals surface area contributed by atoms with Crippen LogP contribution in [0.25, 0.3) is 0 Å². The smallest absolute Gasteiger partial charge is 0.291 e. The van der Waals surface area contributed by atoms with Crippen molar-refractivity contribution in [2.45, 2.75) is 95.8 Å². The van der Waals surface area contributed by atoms with Crippen LogP contribution in [0.4, 0.5) is 14.5 Å². The van der Waals surface area contributed by atoms with Crippen molar-refractivity contribution in [3.63, 3.8) is 0 Å². The van der Waals surface area contributed by atoms with Crippen LogP contribution in [0, 0.1) is 28.6 Å². The second-order valence-corrected chi connectivity index (χ2v) is 18.0. The highest BCUT2D eigenvalue weighted by atomic mass is 19.1. The molecule has 2 aromatic rings. The van der Waals surface area contributed by atoms with E-state index in [1.54, 1.807) is 55.5 Å². The summed E-state index contributed by atoms with van der Waals surface area (Å²) in [6, 6.07) is 10.7. The van der Waals surface area contributed by atoms with Crippen LogP contribution in [0.2, 0.25) is 0 Å². The van der Waals surface area contributed by atoms with Gasteiger partial charge in [0.1, 0.15) is 36.4 Å². The van der Waals surface area contributed by atoms with Crippen molar-refractivity contribution in [3.05, 3.63) is 90.0 Å². The van der Waals surface area contributed by atoms with Crippen molar-refractivity contribution in [1.82, 2.24) is 15.5 Å². The minimum Gasteiger partial charge on any atom is -0.457 e. The lowest BCUT2D eigenvalue weighted by molar-refractivity contribution is -0.203. The first-order valence-electron chi connectivity index (χ1n) is 21.5. The molecule has 346 valence electrons. The number of rotatable bonds is 15. The number of hydrogen-bond donors (Lipinski definition) is 5. The maximum Gasteiger partial charge on any atom is 0.291 e. The lowest BCUT2D eigenvalue weighted by Gasteiger charge is -2.62. The third kappa shape index (κ3) is 8.79. The van der Waals surface area contributed by atoms with Gasteiger partial charge in [0.25, 0.3) is 18.1 Å². The summed E-state index contributed by atoms with van der Waals surface area (Å²) in [6.45, 7) is 5.10. The van der Waals surface area contributed by atoms with Crippen molar-refractivity contribution in [3.8, 4) is 11.5 Å². The van der Waals surface area contributed by atoms with Gasteiger partial charge in [-0.2, -0.15) is 0 Å². The summed E-state index contributed by atoms with van der Waals surface area (Å²) in [5, 5.41) is 38.3. The van der Waals surface area contributed by atoms with E-state index in [2.05, 4.69) is 16.0 Å². The van der Waals surface area contributed by atoms with Gasteiger partial charge in [0.2, 0.25) is 17.7 Å². The Balaban J connectivity index is 0.948. The van der Waals surface area contributed by atoms with Crippen LogP contribution >= 0.6 is 0 Å². The third-order valence-corrected chi connectivity index (χ3v) is 14.0. The zero-order chi connectivity index (χ0) is 47.2. The molecule has 2 aromatic carbocycles. The molecule has 3 fully saturated rings. The molecule has 5 aliphatic rings. The van der Waals surface area contributed by atoms with Crippen LogP contribution in [0.5, 0.6) is 11.5 Å². The van der Waals surface area contributed by atoms with Gasteiger partial charge in [0.05, 0.1) is 23.7 Å². The molecule has 7 rings (SSSR count). The van der Waals surface area contributed by atoms with Gasteiger partial charge in [-0.3, -0.25) is 38.5 Å². The van der Waals surface area contributed by atoms with E-state index in [-0.39, 0.29) is 37.8 Å². The summed E-state index contributed by atoms with van der Waals surface area (Å²) in [7, 11) is 0. The van der Waals surface area contributed by atoms with Gasteiger partial charge in [-0.05, 0) is 105 Å². The molecular weight excluding hydrogens is 851 g/mol. The molecule has 5 amide bonds. The topological polar surface area (TPSA) is 241 Å². The second-order valence-electron chi connectivity index (χ2n) is 18.0. The van der Waals surface area contributed by atoms with Crippen LogP contribution in [0.1, 0.15) is 65.2 Å². The molecular formula is C47H53F2N4O12+. The van der Waals surface area contributed by atoms with Crippen molar-refractivity contribution >= 4 is 46.8 Å². The number of nitrogens with zero attached hydrogens (tertiary/aromatic N) is 1. The fraction of sp³-hybridized carbons (Fsp3) is 0.468. The van der Waals surface area contributed by atoms with Gasteiger partial charge < -0.3 is 40.7 Å². The predicted molar refractivity (Wildman–Crippen MR) is 228 cm³/mol. The summed E-state index contributed by atoms with van der Waals surface area (Å²) in [5.74, 6) is -5.96. The number of imide groups is 1. The van der Waals surface area contributed by atoms with Gasteiger partial charge in [-0.1, -0.05) is 19.1 Å². The molecule has 4 aliphatic carbocycles. The number of hydrogen-bond acceptors (Lipinski definition) is 11. The number of carbonyl (C=O) groups excluding carboxylic acids is 7. The fourth-order valence-corrected chi connectivity index (χ4v) is 10.6. The number of halogens is 2. The van der Waals surface area contributed by atoms with E-state index >= 15 is 8.78 Å². The quantitative estimate of drug-likeness (QED) is 0.0989. The molecule has 0 spiro atoms. The molecule has 1 heterocycles. The van der Waals surface area contributed by atoms with E-state index in [1.807, 2.05) is 0 Å². The Kier molecular flexibility index (Phi) is 13.1. The molecule has 1 aliphatic heterocycles. The van der Waals surface area contributed by atoms with Crippen LogP contribution in [-0.2, 0) is 38.3 Å². The van der Waals surface area contributed by atoms with Crippen molar-refractivity contribution in [2.75, 3.05) is 18.5 Å². The number of aliphatic hydroxyl groups is 2. The third-order valence-electron chi connectivity index (χ3n) is 14.0. The molecule has 7 N–H and O–H groups in total. The van der Waals surface area contributed by atoms with Crippen LogP contribution < -0.4 is 20.7 Å². The van der Waals surface area contributed by atoms with E-state index in [9.17, 15) is 43.8 Å². The molecule has 0 radical (unpaired) electrons. The van der Waals surface area contributed by atoms with Crippen LogP contribution in [-0.4, -0.2) is 111 Å². The Labute approximate surface area is 373 Å². The Morgan fingerprint density at radius 1 is 0.923 bits per heavy atom. The van der Waals surface area contributed by atoms with E-state index in [4.69, 9.17) is 14.6 Å². The molecule has 18 heteroatoms. The number of alkyl halides is 2. The van der Waals surface area contributed by atoms with Crippen LogP contribution in [0.15, 0.2) is 84.5 Å². The number of aliphatic hydroxyl groups excluding tert-OH is 2. The van der Waals surface area contributed by atoms with Crippen molar-refractivity contribution in [1.29, 1.82) is 0 Å². The number of anilines is 1. The summed E-state index contributed by atoms with van der Waals surface area (Å²) >= 11 is 0. The number of carbonyl (C=O) groups is 7. The minimum absolute atomic E-state index is 0.0197. The van der Waals surface area contributed by atoms with Gasteiger partial charge in [0, 0.05) is 48.2 Å². The number of amides is 5. The molecule has 12 atom stereocenters. The Morgan fingerprint density at radius 3 is 2.28 bits per heavy atom. The first-order valence-corrected chi connectivity index (χ1v) is 21.5. The van der Waals surface area contributed by atoms with Gasteiger partial charge in [0.15, 0.2) is 17.2 Å². The molecule has 0 bridgehead atoms. The van der Waals surface area contributed by atoms with Gasteiger partial charge >= 0.3 is 0 Å². The fourth-order valence-electron chi connectivity index (χ4n) is 10.6. The average molecular weight is 904 g/mol. The minimum atomic E-state index is -2.37. The van der Waals surface area contributed by atoms with Crippen LogP contribution in [0.3, 0.4) is 0 Å². The average Bonchev–Trinajstić information content (AvgIpc) is 3.74. The molecule has 3 saturated carbocycles. The Morgan fingerprint density at radius 2 is 1.60 bits per heavy atom. The monoisotopic (exact) mass is 903 g/mol. The molecule has 65 heavy (non-hydrogen) atoms. The van der Waals surface area contributed by atoms with Gasteiger partial charge in [-0.25, -0.2) is 8.78 Å². The number of benzene rings is 2. The van der Waals surface area contributed by atoms with Crippen molar-refractivity contribution in [2.24, 2.45) is 28.6 Å². The Bertz CT molecular complexity index is 2350. The molecule has 16 nitrogen and oxygen atoms in total. The highest BCUT2D eigenvalue weighted by Crippen LogP contribution is 2.69.